The quantitative estimate of drug-likeness (QED) is 0.729. The molecule has 1 aromatic heterocycles. The van der Waals surface area contributed by atoms with Gasteiger partial charge in [0.25, 0.3) is 0 Å². The number of carbonyl (C=O) groups is 1. The number of amides is 1. The van der Waals surface area contributed by atoms with E-state index in [1.807, 2.05) is 36.9 Å². The lowest BCUT2D eigenvalue weighted by molar-refractivity contribution is -0.121. The third kappa shape index (κ3) is 2.74. The Morgan fingerprint density at radius 3 is 3.06 bits per heavy atom. The Morgan fingerprint density at radius 1 is 1.65 bits per heavy atom. The smallest absolute Gasteiger partial charge is 0.241 e. The number of carbonyl (C=O) groups excluding carboxylic acids is 1. The molecule has 1 atom stereocenters. The van der Waals surface area contributed by atoms with E-state index in [4.69, 9.17) is 0 Å². The van der Waals surface area contributed by atoms with Gasteiger partial charge in [-0.05, 0) is 13.8 Å². The number of hydrogen-bond donors (Lipinski definition) is 2. The molecule has 5 nitrogen and oxygen atoms in total. The predicted octanol–water partition coefficient (Wildman–Crippen LogP) is 0.144. The van der Waals surface area contributed by atoms with Crippen molar-refractivity contribution in [2.75, 3.05) is 13.1 Å². The summed E-state index contributed by atoms with van der Waals surface area (Å²) in [5.41, 5.74) is 2.19. The minimum atomic E-state index is -0.166. The zero-order chi connectivity index (χ0) is 12.3. The molecule has 2 rings (SSSR count). The van der Waals surface area contributed by atoms with Gasteiger partial charge in [-0.2, -0.15) is 0 Å². The molecule has 1 aliphatic heterocycles. The van der Waals surface area contributed by atoms with Gasteiger partial charge < -0.3 is 9.88 Å². The van der Waals surface area contributed by atoms with Crippen molar-refractivity contribution >= 4 is 5.91 Å². The zero-order valence-corrected chi connectivity index (χ0v) is 10.2. The maximum atomic E-state index is 11.7. The number of aromatic nitrogens is 2. The van der Waals surface area contributed by atoms with Crippen LogP contribution in [0.4, 0.5) is 0 Å². The first-order valence-electron chi connectivity index (χ1n) is 5.84. The van der Waals surface area contributed by atoms with E-state index in [-0.39, 0.29) is 11.9 Å². The molecular weight excluding hydrogens is 216 g/mol. The number of nitrogens with one attached hydrogen (secondary N) is 2. The first-order valence-corrected chi connectivity index (χ1v) is 5.84. The van der Waals surface area contributed by atoms with Crippen molar-refractivity contribution in [2.45, 2.75) is 26.4 Å². The largest absolute Gasteiger partial charge is 0.353 e. The van der Waals surface area contributed by atoms with Crippen LogP contribution >= 0.6 is 0 Å². The molecule has 92 valence electrons. The highest BCUT2D eigenvalue weighted by Gasteiger charge is 2.16. The highest BCUT2D eigenvalue weighted by Crippen LogP contribution is 2.03. The molecule has 0 saturated heterocycles. The van der Waals surface area contributed by atoms with Crippen LogP contribution in [-0.2, 0) is 11.3 Å². The molecule has 17 heavy (non-hydrogen) atoms. The minimum absolute atomic E-state index is 0.0354. The second-order valence-corrected chi connectivity index (χ2v) is 4.21. The second-order valence-electron chi connectivity index (χ2n) is 4.21. The molecule has 0 aromatic carbocycles. The van der Waals surface area contributed by atoms with Gasteiger partial charge in [0.05, 0.1) is 12.0 Å². The predicted molar refractivity (Wildman–Crippen MR) is 65.6 cm³/mol. The molecule has 0 radical (unpaired) electrons. The van der Waals surface area contributed by atoms with Crippen LogP contribution < -0.4 is 10.6 Å². The van der Waals surface area contributed by atoms with Crippen LogP contribution in [0.15, 0.2) is 18.5 Å². The summed E-state index contributed by atoms with van der Waals surface area (Å²) in [6.07, 6.45) is 5.67. The minimum Gasteiger partial charge on any atom is -0.353 e. The Balaban J connectivity index is 1.77. The molecule has 1 aliphatic rings. The Kier molecular flexibility index (Phi) is 3.58. The normalized spacial score (nSPS) is 18.6. The van der Waals surface area contributed by atoms with Gasteiger partial charge in [0.2, 0.25) is 5.91 Å². The van der Waals surface area contributed by atoms with E-state index in [1.54, 1.807) is 0 Å². The van der Waals surface area contributed by atoms with Crippen LogP contribution in [0.25, 0.3) is 0 Å². The molecule has 0 saturated carbocycles. The summed E-state index contributed by atoms with van der Waals surface area (Å²) in [6, 6.07) is -0.166. The average molecular weight is 234 g/mol. The van der Waals surface area contributed by atoms with Crippen LogP contribution in [0.5, 0.6) is 0 Å². The van der Waals surface area contributed by atoms with E-state index >= 15 is 0 Å². The number of hydrogen-bond acceptors (Lipinski definition) is 3. The van der Waals surface area contributed by atoms with Gasteiger partial charge in [-0.1, -0.05) is 12.2 Å². The van der Waals surface area contributed by atoms with Crippen LogP contribution in [0.2, 0.25) is 0 Å². The second kappa shape index (κ2) is 5.14. The monoisotopic (exact) mass is 234 g/mol. The van der Waals surface area contributed by atoms with Gasteiger partial charge in [0.1, 0.15) is 6.04 Å². The molecule has 0 spiro atoms. The van der Waals surface area contributed by atoms with E-state index in [0.29, 0.717) is 6.54 Å². The molecule has 0 unspecified atom stereocenters. The maximum absolute atomic E-state index is 11.7. The van der Waals surface area contributed by atoms with Crippen LogP contribution in [0, 0.1) is 13.8 Å². The van der Waals surface area contributed by atoms with Crippen LogP contribution in [-0.4, -0.2) is 34.6 Å². The van der Waals surface area contributed by atoms with Crippen LogP contribution in [0.3, 0.4) is 0 Å². The zero-order valence-electron chi connectivity index (χ0n) is 10.2. The fraction of sp³-hybridized carbons (Fsp3) is 0.500. The molecule has 2 N–H and O–H groups in total. The van der Waals surface area contributed by atoms with Crippen LogP contribution in [0.1, 0.15) is 11.4 Å². The van der Waals surface area contributed by atoms with Gasteiger partial charge in [-0.25, -0.2) is 4.98 Å². The highest BCUT2D eigenvalue weighted by molar-refractivity contribution is 5.84. The molecule has 0 bridgehead atoms. The summed E-state index contributed by atoms with van der Waals surface area (Å²) >= 11 is 0. The van der Waals surface area contributed by atoms with Crippen molar-refractivity contribution in [1.29, 1.82) is 0 Å². The highest BCUT2D eigenvalue weighted by atomic mass is 16.2. The summed E-state index contributed by atoms with van der Waals surface area (Å²) < 4.78 is 2.05. The molecule has 1 aromatic rings. The summed E-state index contributed by atoms with van der Waals surface area (Å²) in [5.74, 6) is 0.0354. The lowest BCUT2D eigenvalue weighted by Crippen LogP contribution is -2.41. The summed E-state index contributed by atoms with van der Waals surface area (Å²) in [7, 11) is 0. The van der Waals surface area contributed by atoms with E-state index in [0.717, 1.165) is 24.5 Å². The topological polar surface area (TPSA) is 59.0 Å². The van der Waals surface area contributed by atoms with Crippen molar-refractivity contribution in [3.63, 3.8) is 0 Å². The standard InChI is InChI=1S/C12H18N4O/c1-9-10(2)16(8-15-9)7-6-14-12(17)11-4-3-5-13-11/h3-4,8,11,13H,5-7H2,1-2H3,(H,14,17)/t11-/m1/s1. The third-order valence-corrected chi connectivity index (χ3v) is 3.06. The summed E-state index contributed by atoms with van der Waals surface area (Å²) in [5, 5.41) is 5.99. The van der Waals surface area contributed by atoms with E-state index in [2.05, 4.69) is 15.6 Å². The Hall–Kier alpha value is -1.62. The molecule has 0 fully saturated rings. The van der Waals surface area contributed by atoms with Gasteiger partial charge in [0, 0.05) is 25.3 Å². The molecule has 5 heteroatoms. The van der Waals surface area contributed by atoms with Gasteiger partial charge >= 0.3 is 0 Å². The molecular formula is C12H18N4O. The van der Waals surface area contributed by atoms with Gasteiger partial charge in [-0.15, -0.1) is 0 Å². The fourth-order valence-corrected chi connectivity index (χ4v) is 1.83. The Bertz CT molecular complexity index is 436. The first-order chi connectivity index (χ1) is 8.18. The average Bonchev–Trinajstić information content (AvgIpc) is 2.93. The van der Waals surface area contributed by atoms with E-state index < -0.39 is 0 Å². The number of aryl methyl sites for hydroxylation is 1. The SMILES string of the molecule is Cc1ncn(CCNC(=O)[C@H]2C=CCN2)c1C. The summed E-state index contributed by atoms with van der Waals surface area (Å²) in [6.45, 7) is 6.18. The third-order valence-electron chi connectivity index (χ3n) is 3.06. The van der Waals surface area contributed by atoms with E-state index in [1.165, 1.54) is 0 Å². The Labute approximate surface area is 101 Å². The van der Waals surface area contributed by atoms with Gasteiger partial charge in [0.15, 0.2) is 0 Å². The Morgan fingerprint density at radius 2 is 2.47 bits per heavy atom. The molecule has 1 amide bonds. The number of rotatable bonds is 4. The van der Waals surface area contributed by atoms with Gasteiger partial charge in [-0.3, -0.25) is 10.1 Å². The fourth-order valence-electron chi connectivity index (χ4n) is 1.83. The van der Waals surface area contributed by atoms with E-state index in [9.17, 15) is 4.79 Å². The first kappa shape index (κ1) is 11.9. The number of nitrogens with zero attached hydrogens (tertiary/aromatic N) is 2. The van der Waals surface area contributed by atoms with Crippen molar-refractivity contribution < 1.29 is 4.79 Å². The molecule has 2 heterocycles. The lowest BCUT2D eigenvalue weighted by Gasteiger charge is -2.11. The number of imidazole rings is 1. The van der Waals surface area contributed by atoms with Crippen molar-refractivity contribution in [3.05, 3.63) is 29.9 Å². The molecule has 0 aliphatic carbocycles. The van der Waals surface area contributed by atoms with Crippen molar-refractivity contribution in [2.24, 2.45) is 0 Å². The van der Waals surface area contributed by atoms with Crippen molar-refractivity contribution in [3.8, 4) is 0 Å². The maximum Gasteiger partial charge on any atom is 0.241 e. The lowest BCUT2D eigenvalue weighted by atomic mass is 10.3. The summed E-state index contributed by atoms with van der Waals surface area (Å²) in [4.78, 5) is 15.9. The van der Waals surface area contributed by atoms with Crippen molar-refractivity contribution in [1.82, 2.24) is 20.2 Å².